The molecular weight excluding hydrogens is 218 g/mol. The van der Waals surface area contributed by atoms with E-state index in [9.17, 15) is 4.79 Å². The van der Waals surface area contributed by atoms with Gasteiger partial charge in [-0.15, -0.1) is 0 Å². The summed E-state index contributed by atoms with van der Waals surface area (Å²) in [4.78, 5) is 13.4. The Labute approximate surface area is 100 Å². The van der Waals surface area contributed by atoms with E-state index in [-0.39, 0.29) is 0 Å². The minimum atomic E-state index is -1.42. The highest BCUT2D eigenvalue weighted by Gasteiger charge is 2.29. The lowest BCUT2D eigenvalue weighted by molar-refractivity contribution is 0.318. The van der Waals surface area contributed by atoms with Crippen LogP contribution in [0.4, 0.5) is 0 Å². The number of aliphatic imine (C=N–C) groups is 1. The van der Waals surface area contributed by atoms with E-state index in [1.165, 1.54) is 24.6 Å². The summed E-state index contributed by atoms with van der Waals surface area (Å²) in [7, 11) is -1.42. The van der Waals surface area contributed by atoms with Crippen molar-refractivity contribution < 1.29 is 9.22 Å². The predicted molar refractivity (Wildman–Crippen MR) is 70.0 cm³/mol. The Morgan fingerprint density at radius 1 is 1.12 bits per heavy atom. The number of hydrogen-bond donors (Lipinski definition) is 0. The fourth-order valence-corrected chi connectivity index (χ4v) is 5.31. The Morgan fingerprint density at radius 2 is 1.81 bits per heavy atom. The van der Waals surface area contributed by atoms with Gasteiger partial charge in [0.2, 0.25) is 6.08 Å². The molecule has 0 N–H and O–H groups in total. The van der Waals surface area contributed by atoms with Crippen LogP contribution in [0.15, 0.2) is 4.99 Å². The van der Waals surface area contributed by atoms with Gasteiger partial charge in [-0.1, -0.05) is 26.7 Å². The van der Waals surface area contributed by atoms with Crippen molar-refractivity contribution in [2.75, 3.05) is 13.2 Å². The SMILES string of the molecule is CCO[Si](CC)(CC)CCCCCN=C=O. The van der Waals surface area contributed by atoms with Gasteiger partial charge in [0.05, 0.1) is 6.54 Å². The smallest absolute Gasteiger partial charge is 0.234 e. The van der Waals surface area contributed by atoms with Gasteiger partial charge in [-0.25, -0.2) is 9.79 Å². The molecule has 0 aromatic rings. The normalized spacial score (nSPS) is 11.2. The molecule has 0 saturated heterocycles. The van der Waals surface area contributed by atoms with Crippen molar-refractivity contribution in [3.8, 4) is 0 Å². The Balaban J connectivity index is 3.79. The van der Waals surface area contributed by atoms with Crippen LogP contribution in [0.1, 0.15) is 40.0 Å². The van der Waals surface area contributed by atoms with Gasteiger partial charge >= 0.3 is 0 Å². The molecule has 0 aliphatic carbocycles. The zero-order valence-corrected chi connectivity index (χ0v) is 11.9. The van der Waals surface area contributed by atoms with Crippen molar-refractivity contribution in [3.05, 3.63) is 0 Å². The zero-order chi connectivity index (χ0) is 12.3. The van der Waals surface area contributed by atoms with Crippen molar-refractivity contribution in [2.45, 2.75) is 58.2 Å². The van der Waals surface area contributed by atoms with Crippen molar-refractivity contribution >= 4 is 14.4 Å². The molecule has 0 spiro atoms. The first-order chi connectivity index (χ1) is 7.74. The third-order valence-electron chi connectivity index (χ3n) is 3.21. The largest absolute Gasteiger partial charge is 0.417 e. The van der Waals surface area contributed by atoms with Crippen LogP contribution in [0, 0.1) is 0 Å². The van der Waals surface area contributed by atoms with Gasteiger partial charge in [-0.3, -0.25) is 0 Å². The Morgan fingerprint density at radius 3 is 2.31 bits per heavy atom. The fraction of sp³-hybridized carbons (Fsp3) is 0.917. The third-order valence-corrected chi connectivity index (χ3v) is 7.95. The molecule has 0 saturated carbocycles. The molecule has 94 valence electrons. The van der Waals surface area contributed by atoms with E-state index >= 15 is 0 Å². The molecule has 0 heterocycles. The van der Waals surface area contributed by atoms with Crippen LogP contribution in [0.25, 0.3) is 0 Å². The highest BCUT2D eigenvalue weighted by atomic mass is 28.4. The summed E-state index contributed by atoms with van der Waals surface area (Å²) in [6.07, 6.45) is 4.93. The molecule has 0 bridgehead atoms. The van der Waals surface area contributed by atoms with Gasteiger partial charge in [0.1, 0.15) is 0 Å². The van der Waals surface area contributed by atoms with E-state index in [1.807, 2.05) is 0 Å². The van der Waals surface area contributed by atoms with Gasteiger partial charge in [-0.2, -0.15) is 0 Å². The van der Waals surface area contributed by atoms with Crippen LogP contribution in [0.5, 0.6) is 0 Å². The average Bonchev–Trinajstić information content (AvgIpc) is 2.32. The van der Waals surface area contributed by atoms with E-state index < -0.39 is 8.32 Å². The molecule has 0 aromatic carbocycles. The Kier molecular flexibility index (Phi) is 9.49. The summed E-state index contributed by atoms with van der Waals surface area (Å²) in [5, 5.41) is 0. The van der Waals surface area contributed by atoms with E-state index in [1.54, 1.807) is 6.08 Å². The van der Waals surface area contributed by atoms with Crippen molar-refractivity contribution in [1.82, 2.24) is 0 Å². The van der Waals surface area contributed by atoms with Gasteiger partial charge in [0.15, 0.2) is 8.32 Å². The summed E-state index contributed by atoms with van der Waals surface area (Å²) in [5.41, 5.74) is 0. The molecule has 0 fully saturated rings. The van der Waals surface area contributed by atoms with Crippen LogP contribution >= 0.6 is 0 Å². The molecule has 0 aliphatic heterocycles. The summed E-state index contributed by atoms with van der Waals surface area (Å²) >= 11 is 0. The molecule has 0 aromatic heterocycles. The Hall–Kier alpha value is -0.443. The number of unbranched alkanes of at least 4 members (excludes halogenated alkanes) is 2. The monoisotopic (exact) mass is 243 g/mol. The average molecular weight is 243 g/mol. The molecule has 0 radical (unpaired) electrons. The van der Waals surface area contributed by atoms with Crippen LogP contribution in [-0.4, -0.2) is 27.5 Å². The second-order valence-corrected chi connectivity index (χ2v) is 8.68. The summed E-state index contributed by atoms with van der Waals surface area (Å²) < 4.78 is 6.01. The second kappa shape index (κ2) is 9.76. The lowest BCUT2D eigenvalue weighted by atomic mass is 10.2. The topological polar surface area (TPSA) is 38.7 Å². The van der Waals surface area contributed by atoms with Gasteiger partial charge in [0.25, 0.3) is 0 Å². The van der Waals surface area contributed by atoms with Crippen LogP contribution in [0.3, 0.4) is 0 Å². The molecule has 4 heteroatoms. The maximum atomic E-state index is 9.87. The quantitative estimate of drug-likeness (QED) is 0.255. The maximum absolute atomic E-state index is 9.87. The van der Waals surface area contributed by atoms with Gasteiger partial charge in [-0.05, 0) is 31.5 Å². The van der Waals surface area contributed by atoms with Gasteiger partial charge < -0.3 is 4.43 Å². The Bertz CT molecular complexity index is 211. The summed E-state index contributed by atoms with van der Waals surface area (Å²) in [6, 6.07) is 3.67. The number of carbonyl (C=O) groups excluding carboxylic acids is 1. The minimum Gasteiger partial charge on any atom is -0.417 e. The molecule has 0 aliphatic rings. The lowest BCUT2D eigenvalue weighted by Gasteiger charge is -2.28. The predicted octanol–water partition coefficient (Wildman–Crippen LogP) is 3.51. The molecule has 16 heavy (non-hydrogen) atoms. The van der Waals surface area contributed by atoms with Crippen molar-refractivity contribution in [2.24, 2.45) is 4.99 Å². The summed E-state index contributed by atoms with van der Waals surface area (Å²) in [6.45, 7) is 8.07. The van der Waals surface area contributed by atoms with Crippen LogP contribution in [0.2, 0.25) is 18.1 Å². The molecule has 0 atom stereocenters. The lowest BCUT2D eigenvalue weighted by Crippen LogP contribution is -2.36. The first-order valence-corrected chi connectivity index (χ1v) is 8.95. The standard InChI is InChI=1S/C12H25NO2Si/c1-4-15-16(5-2,6-3)11-9-7-8-10-13-12-14/h4-11H2,1-3H3. The third kappa shape index (κ3) is 6.21. The van der Waals surface area contributed by atoms with E-state index in [0.29, 0.717) is 6.54 Å². The first-order valence-electron chi connectivity index (χ1n) is 6.42. The number of nitrogens with zero attached hydrogens (tertiary/aromatic N) is 1. The fourth-order valence-electron chi connectivity index (χ4n) is 2.05. The number of rotatable bonds is 10. The molecule has 3 nitrogen and oxygen atoms in total. The summed E-state index contributed by atoms with van der Waals surface area (Å²) in [5.74, 6) is 0. The molecular formula is C12H25NO2Si. The molecule has 0 amide bonds. The first kappa shape index (κ1) is 15.6. The van der Waals surface area contributed by atoms with E-state index in [0.717, 1.165) is 19.4 Å². The van der Waals surface area contributed by atoms with Crippen LogP contribution < -0.4 is 0 Å². The second-order valence-electron chi connectivity index (χ2n) is 4.11. The van der Waals surface area contributed by atoms with E-state index in [4.69, 9.17) is 4.43 Å². The molecule has 0 unspecified atom stereocenters. The maximum Gasteiger partial charge on any atom is 0.234 e. The number of isocyanates is 1. The highest BCUT2D eigenvalue weighted by molar-refractivity contribution is 6.73. The van der Waals surface area contributed by atoms with Crippen molar-refractivity contribution in [3.63, 3.8) is 0 Å². The van der Waals surface area contributed by atoms with Gasteiger partial charge in [0, 0.05) is 6.61 Å². The highest BCUT2D eigenvalue weighted by Crippen LogP contribution is 2.24. The van der Waals surface area contributed by atoms with E-state index in [2.05, 4.69) is 25.8 Å². The minimum absolute atomic E-state index is 0.630. The zero-order valence-electron chi connectivity index (χ0n) is 10.9. The molecule has 0 rings (SSSR count). The number of hydrogen-bond acceptors (Lipinski definition) is 3. The van der Waals surface area contributed by atoms with Crippen LogP contribution in [-0.2, 0) is 9.22 Å². The van der Waals surface area contributed by atoms with Crippen molar-refractivity contribution in [1.29, 1.82) is 0 Å².